The van der Waals surface area contributed by atoms with Gasteiger partial charge in [0.05, 0.1) is 23.7 Å². The Morgan fingerprint density at radius 3 is 2.85 bits per heavy atom. The number of aromatic nitrogens is 3. The lowest BCUT2D eigenvalue weighted by atomic mass is 10.1. The second kappa shape index (κ2) is 6.40. The predicted molar refractivity (Wildman–Crippen MR) is 97.0 cm³/mol. The molecular weight excluding hydrogens is 333 g/mol. The number of fused-ring (bicyclic) bond motifs is 1. The Hall–Kier alpha value is -2.96. The van der Waals surface area contributed by atoms with Gasteiger partial charge in [-0.25, -0.2) is 13.9 Å². The van der Waals surface area contributed by atoms with Crippen molar-refractivity contribution in [3.63, 3.8) is 0 Å². The minimum atomic E-state index is -0.480. The number of hydrogen-bond donors (Lipinski definition) is 0. The number of carbonyl (C=O) groups is 1. The van der Waals surface area contributed by atoms with Crippen molar-refractivity contribution < 1.29 is 9.18 Å². The number of hydrogen-bond acceptors (Lipinski definition) is 4. The van der Waals surface area contributed by atoms with Crippen LogP contribution in [0.4, 0.5) is 10.2 Å². The quantitative estimate of drug-likeness (QED) is 0.726. The molecule has 3 aromatic rings. The average Bonchev–Trinajstić information content (AvgIpc) is 3.29. The van der Waals surface area contributed by atoms with E-state index in [9.17, 15) is 9.18 Å². The van der Waals surface area contributed by atoms with Crippen molar-refractivity contribution >= 4 is 17.2 Å². The Morgan fingerprint density at radius 1 is 1.27 bits per heavy atom. The molecule has 1 aliphatic rings. The van der Waals surface area contributed by atoms with E-state index in [1.165, 1.54) is 12.1 Å². The summed E-state index contributed by atoms with van der Waals surface area (Å²) in [7, 11) is 3.89. The molecule has 1 atom stereocenters. The summed E-state index contributed by atoms with van der Waals surface area (Å²) in [5.74, 6) is 0.211. The highest BCUT2D eigenvalue weighted by Crippen LogP contribution is 2.29. The van der Waals surface area contributed by atoms with E-state index in [2.05, 4.69) is 5.10 Å². The molecule has 1 fully saturated rings. The van der Waals surface area contributed by atoms with Crippen molar-refractivity contribution in [1.82, 2.24) is 19.5 Å². The van der Waals surface area contributed by atoms with Gasteiger partial charge < -0.3 is 9.80 Å². The largest absolute Gasteiger partial charge is 0.361 e. The Bertz CT molecular complexity index is 967. The second-order valence-electron chi connectivity index (χ2n) is 6.76. The highest BCUT2D eigenvalue weighted by atomic mass is 19.1. The van der Waals surface area contributed by atoms with Crippen molar-refractivity contribution in [3.05, 3.63) is 59.8 Å². The molecule has 1 aliphatic heterocycles. The molecule has 0 spiro atoms. The van der Waals surface area contributed by atoms with Gasteiger partial charge in [0.25, 0.3) is 5.91 Å². The minimum absolute atomic E-state index is 0.109. The first-order valence-electron chi connectivity index (χ1n) is 8.60. The molecule has 7 heteroatoms. The van der Waals surface area contributed by atoms with Gasteiger partial charge in [0.1, 0.15) is 11.3 Å². The summed E-state index contributed by atoms with van der Waals surface area (Å²) in [6.45, 7) is 1.12. The van der Waals surface area contributed by atoms with Crippen LogP contribution < -0.4 is 4.90 Å². The zero-order chi connectivity index (χ0) is 18.3. The molecule has 0 saturated carbocycles. The molecule has 134 valence electrons. The van der Waals surface area contributed by atoms with Crippen LogP contribution in [0.3, 0.4) is 0 Å². The maximum atomic E-state index is 13.9. The van der Waals surface area contributed by atoms with Gasteiger partial charge in [0.2, 0.25) is 0 Å². The summed E-state index contributed by atoms with van der Waals surface area (Å²) in [4.78, 5) is 21.1. The van der Waals surface area contributed by atoms with Gasteiger partial charge in [-0.1, -0.05) is 12.1 Å². The maximum Gasteiger partial charge on any atom is 0.256 e. The summed E-state index contributed by atoms with van der Waals surface area (Å²) in [5.41, 5.74) is 1.96. The Balaban J connectivity index is 1.60. The third kappa shape index (κ3) is 2.79. The first-order valence-corrected chi connectivity index (χ1v) is 8.60. The summed E-state index contributed by atoms with van der Waals surface area (Å²) in [5, 5.41) is 4.33. The first-order chi connectivity index (χ1) is 12.5. The van der Waals surface area contributed by atoms with Gasteiger partial charge in [-0.05, 0) is 24.6 Å². The maximum absolute atomic E-state index is 13.9. The monoisotopic (exact) mass is 353 g/mol. The third-order valence-electron chi connectivity index (χ3n) is 4.81. The van der Waals surface area contributed by atoms with Crippen LogP contribution in [-0.2, 0) is 0 Å². The van der Waals surface area contributed by atoms with E-state index in [4.69, 9.17) is 4.98 Å². The average molecular weight is 353 g/mol. The second-order valence-corrected chi connectivity index (χ2v) is 6.76. The lowest BCUT2D eigenvalue weighted by Crippen LogP contribution is -2.29. The molecule has 1 aromatic carbocycles. The predicted octanol–water partition coefficient (Wildman–Crippen LogP) is 2.56. The number of nitrogens with zero attached hydrogens (tertiary/aromatic N) is 5. The summed E-state index contributed by atoms with van der Waals surface area (Å²) in [6.07, 6.45) is 4.47. The molecule has 3 heterocycles. The zero-order valence-corrected chi connectivity index (χ0v) is 14.8. The van der Waals surface area contributed by atoms with Crippen LogP contribution in [0.25, 0.3) is 5.52 Å². The number of carbonyl (C=O) groups excluding carboxylic acids is 1. The molecule has 0 aliphatic carbocycles. The van der Waals surface area contributed by atoms with Crippen LogP contribution >= 0.6 is 0 Å². The molecule has 0 radical (unpaired) electrons. The Kier molecular flexibility index (Phi) is 4.06. The highest BCUT2D eigenvalue weighted by Gasteiger charge is 2.30. The molecule has 0 bridgehead atoms. The van der Waals surface area contributed by atoms with E-state index in [-0.39, 0.29) is 17.4 Å². The van der Waals surface area contributed by atoms with Crippen LogP contribution in [0.1, 0.15) is 28.4 Å². The SMILES string of the molecule is CN(C)c1nc(C2CCN(C(=O)c3ccccc3F)C2)cn2nccc12. The van der Waals surface area contributed by atoms with E-state index < -0.39 is 5.82 Å². The molecule has 1 unspecified atom stereocenters. The van der Waals surface area contributed by atoms with Gasteiger partial charge in [-0.3, -0.25) is 4.79 Å². The fourth-order valence-electron chi connectivity index (χ4n) is 3.44. The Labute approximate surface area is 150 Å². The van der Waals surface area contributed by atoms with Crippen LogP contribution in [0.5, 0.6) is 0 Å². The molecule has 6 nitrogen and oxygen atoms in total. The van der Waals surface area contributed by atoms with Crippen LogP contribution in [0.15, 0.2) is 42.7 Å². The summed E-state index contributed by atoms with van der Waals surface area (Å²) < 4.78 is 15.7. The highest BCUT2D eigenvalue weighted by molar-refractivity contribution is 5.94. The standard InChI is InChI=1S/C19H20FN5O/c1-23(2)18-17-7-9-21-25(17)12-16(22-18)13-8-10-24(11-13)19(26)14-5-3-4-6-15(14)20/h3-7,9,12-13H,8,10-11H2,1-2H3. The lowest BCUT2D eigenvalue weighted by Gasteiger charge is -2.18. The molecule has 26 heavy (non-hydrogen) atoms. The van der Waals surface area contributed by atoms with Gasteiger partial charge in [0, 0.05) is 33.1 Å². The van der Waals surface area contributed by atoms with Crippen LogP contribution in [0, 0.1) is 5.82 Å². The molecule has 1 amide bonds. The summed E-state index contributed by atoms with van der Waals surface area (Å²) in [6, 6.07) is 8.04. The Morgan fingerprint density at radius 2 is 2.08 bits per heavy atom. The number of amides is 1. The van der Waals surface area contributed by atoms with E-state index >= 15 is 0 Å². The molecule has 0 N–H and O–H groups in total. The molecule has 2 aromatic heterocycles. The number of benzene rings is 1. The number of likely N-dealkylation sites (tertiary alicyclic amines) is 1. The van der Waals surface area contributed by atoms with Crippen LogP contribution in [-0.4, -0.2) is 52.6 Å². The number of anilines is 1. The van der Waals surface area contributed by atoms with Gasteiger partial charge >= 0.3 is 0 Å². The fraction of sp³-hybridized carbons (Fsp3) is 0.316. The lowest BCUT2D eigenvalue weighted by molar-refractivity contribution is 0.0786. The fourth-order valence-corrected chi connectivity index (χ4v) is 3.44. The van der Waals surface area contributed by atoms with Crippen molar-refractivity contribution in [2.24, 2.45) is 0 Å². The van der Waals surface area contributed by atoms with E-state index in [1.807, 2.05) is 35.8 Å². The van der Waals surface area contributed by atoms with E-state index in [0.29, 0.717) is 13.1 Å². The number of halogens is 1. The van der Waals surface area contributed by atoms with Gasteiger partial charge in [-0.15, -0.1) is 0 Å². The van der Waals surface area contributed by atoms with Gasteiger partial charge in [0.15, 0.2) is 5.82 Å². The van der Waals surface area contributed by atoms with E-state index in [1.54, 1.807) is 23.2 Å². The summed E-state index contributed by atoms with van der Waals surface area (Å²) >= 11 is 0. The van der Waals surface area contributed by atoms with Crippen molar-refractivity contribution in [3.8, 4) is 0 Å². The molecule has 4 rings (SSSR count). The van der Waals surface area contributed by atoms with Crippen LogP contribution in [0.2, 0.25) is 0 Å². The molecule has 1 saturated heterocycles. The van der Waals surface area contributed by atoms with Crippen molar-refractivity contribution in [1.29, 1.82) is 0 Å². The van der Waals surface area contributed by atoms with Crippen molar-refractivity contribution in [2.75, 3.05) is 32.1 Å². The third-order valence-corrected chi connectivity index (χ3v) is 4.81. The minimum Gasteiger partial charge on any atom is -0.361 e. The van der Waals surface area contributed by atoms with Gasteiger partial charge in [-0.2, -0.15) is 5.10 Å². The number of rotatable bonds is 3. The smallest absolute Gasteiger partial charge is 0.256 e. The first kappa shape index (κ1) is 16.5. The van der Waals surface area contributed by atoms with Crippen molar-refractivity contribution in [2.45, 2.75) is 12.3 Å². The van der Waals surface area contributed by atoms with E-state index in [0.717, 1.165) is 23.4 Å². The zero-order valence-electron chi connectivity index (χ0n) is 14.8. The topological polar surface area (TPSA) is 53.7 Å². The normalized spacial score (nSPS) is 17.0. The molecular formula is C19H20FN5O.